The highest BCUT2D eigenvalue weighted by Crippen LogP contribution is 2.27. The van der Waals surface area contributed by atoms with Crippen molar-refractivity contribution in [3.8, 4) is 0 Å². The summed E-state index contributed by atoms with van der Waals surface area (Å²) in [5.41, 5.74) is 0.923. The van der Waals surface area contributed by atoms with Crippen molar-refractivity contribution in [2.75, 3.05) is 40.0 Å². The molecule has 0 saturated carbocycles. The van der Waals surface area contributed by atoms with Crippen LogP contribution in [-0.2, 0) is 24.3 Å². The first-order valence-corrected chi connectivity index (χ1v) is 11.3. The van der Waals surface area contributed by atoms with Crippen LogP contribution in [0.25, 0.3) is 0 Å². The molecule has 1 aromatic rings. The summed E-state index contributed by atoms with van der Waals surface area (Å²) in [6, 6.07) is 7.18. The largest absolute Gasteiger partial charge is 0.381 e. The molecule has 0 atom stereocenters. The number of ether oxygens (including phenoxy) is 2. The van der Waals surface area contributed by atoms with Gasteiger partial charge < -0.3 is 14.4 Å². The van der Waals surface area contributed by atoms with Gasteiger partial charge in [0.2, 0.25) is 15.9 Å². The summed E-state index contributed by atoms with van der Waals surface area (Å²) in [5.74, 6) is -0.0191. The van der Waals surface area contributed by atoms with E-state index < -0.39 is 10.0 Å². The first-order chi connectivity index (χ1) is 13.4. The molecule has 0 aromatic heterocycles. The average molecular weight is 411 g/mol. The van der Waals surface area contributed by atoms with Gasteiger partial charge in [-0.1, -0.05) is 12.1 Å². The maximum absolute atomic E-state index is 13.0. The molecule has 28 heavy (non-hydrogen) atoms. The van der Waals surface area contributed by atoms with E-state index in [0.717, 1.165) is 18.4 Å². The molecular weight excluding hydrogens is 380 g/mol. The predicted octanol–water partition coefficient (Wildman–Crippen LogP) is 1.80. The Morgan fingerprint density at radius 3 is 2.43 bits per heavy atom. The number of hydrogen-bond acceptors (Lipinski definition) is 5. The fourth-order valence-corrected chi connectivity index (χ4v) is 5.73. The van der Waals surface area contributed by atoms with Gasteiger partial charge in [0.25, 0.3) is 0 Å². The second-order valence-corrected chi connectivity index (χ2v) is 9.47. The Morgan fingerprint density at radius 1 is 1.18 bits per heavy atom. The summed E-state index contributed by atoms with van der Waals surface area (Å²) in [6.07, 6.45) is 2.91. The van der Waals surface area contributed by atoms with Crippen molar-refractivity contribution in [3.63, 3.8) is 0 Å². The third kappa shape index (κ3) is 4.74. The zero-order valence-electron chi connectivity index (χ0n) is 16.7. The average Bonchev–Trinajstić information content (AvgIpc) is 2.70. The van der Waals surface area contributed by atoms with E-state index in [2.05, 4.69) is 0 Å². The molecule has 0 spiro atoms. The number of hydrogen-bond donors (Lipinski definition) is 0. The molecule has 3 rings (SSSR count). The van der Waals surface area contributed by atoms with Crippen LogP contribution in [0.3, 0.4) is 0 Å². The Kier molecular flexibility index (Phi) is 7.09. The van der Waals surface area contributed by atoms with Crippen LogP contribution in [0.1, 0.15) is 31.2 Å². The normalized spacial score (nSPS) is 20.2. The van der Waals surface area contributed by atoms with Gasteiger partial charge in [-0.2, -0.15) is 4.31 Å². The van der Waals surface area contributed by atoms with E-state index in [1.54, 1.807) is 22.5 Å². The number of amides is 1. The molecule has 0 N–H and O–H groups in total. The van der Waals surface area contributed by atoms with Gasteiger partial charge >= 0.3 is 0 Å². The van der Waals surface area contributed by atoms with E-state index in [1.165, 1.54) is 7.11 Å². The molecule has 7 nitrogen and oxygen atoms in total. The monoisotopic (exact) mass is 410 g/mol. The third-order valence-electron chi connectivity index (χ3n) is 5.58. The lowest BCUT2D eigenvalue weighted by atomic mass is 9.98. The number of aryl methyl sites for hydroxylation is 1. The number of sulfonamides is 1. The van der Waals surface area contributed by atoms with E-state index in [9.17, 15) is 13.2 Å². The Hall–Kier alpha value is -1.48. The first kappa shape index (κ1) is 21.2. The second-order valence-electron chi connectivity index (χ2n) is 7.53. The number of methoxy groups -OCH3 is 1. The molecule has 2 aliphatic rings. The van der Waals surface area contributed by atoms with Gasteiger partial charge in [0, 0.05) is 45.5 Å². The van der Waals surface area contributed by atoms with E-state index in [1.807, 2.05) is 17.9 Å². The zero-order valence-corrected chi connectivity index (χ0v) is 17.5. The predicted molar refractivity (Wildman–Crippen MR) is 106 cm³/mol. The SMILES string of the molecule is COCC(=O)N(C1CCOCC1)C1CCN(S(=O)(=O)c2cccc(C)c2)CC1. The van der Waals surface area contributed by atoms with E-state index in [-0.39, 0.29) is 24.6 Å². The molecule has 2 fully saturated rings. The maximum Gasteiger partial charge on any atom is 0.249 e. The van der Waals surface area contributed by atoms with Crippen LogP contribution in [0.15, 0.2) is 29.2 Å². The lowest BCUT2D eigenvalue weighted by Gasteiger charge is -2.43. The molecule has 1 aromatic carbocycles. The molecule has 2 saturated heterocycles. The van der Waals surface area contributed by atoms with Crippen LogP contribution < -0.4 is 0 Å². The quantitative estimate of drug-likeness (QED) is 0.715. The van der Waals surface area contributed by atoms with Gasteiger partial charge in [-0.05, 0) is 50.3 Å². The summed E-state index contributed by atoms with van der Waals surface area (Å²) in [6.45, 7) is 4.09. The van der Waals surface area contributed by atoms with E-state index in [0.29, 0.717) is 44.0 Å². The van der Waals surface area contributed by atoms with Crippen LogP contribution in [0.5, 0.6) is 0 Å². The van der Waals surface area contributed by atoms with Crippen LogP contribution in [0.4, 0.5) is 0 Å². The Bertz CT molecular complexity index is 769. The molecular formula is C20H30N2O5S. The van der Waals surface area contributed by atoms with Crippen LogP contribution in [0.2, 0.25) is 0 Å². The fraction of sp³-hybridized carbons (Fsp3) is 0.650. The van der Waals surface area contributed by atoms with E-state index >= 15 is 0 Å². The summed E-state index contributed by atoms with van der Waals surface area (Å²) >= 11 is 0. The number of rotatable bonds is 6. The van der Waals surface area contributed by atoms with Gasteiger partial charge in [-0.3, -0.25) is 4.79 Å². The third-order valence-corrected chi connectivity index (χ3v) is 7.48. The fourth-order valence-electron chi connectivity index (χ4n) is 4.15. The summed E-state index contributed by atoms with van der Waals surface area (Å²) in [7, 11) is -1.98. The maximum atomic E-state index is 13.0. The lowest BCUT2D eigenvalue weighted by molar-refractivity contribution is -0.143. The number of carbonyl (C=O) groups is 1. The Balaban J connectivity index is 1.70. The molecule has 0 bridgehead atoms. The highest BCUT2D eigenvalue weighted by Gasteiger charge is 2.36. The summed E-state index contributed by atoms with van der Waals surface area (Å²) in [4.78, 5) is 15.0. The minimum atomic E-state index is -3.50. The van der Waals surface area contributed by atoms with Crippen LogP contribution in [0, 0.1) is 6.92 Å². The lowest BCUT2D eigenvalue weighted by Crippen LogP contribution is -2.54. The van der Waals surface area contributed by atoms with Crippen LogP contribution >= 0.6 is 0 Å². The van der Waals surface area contributed by atoms with Crippen molar-refractivity contribution in [1.82, 2.24) is 9.21 Å². The standard InChI is InChI=1S/C20H30N2O5S/c1-16-4-3-5-19(14-16)28(24,25)21-10-6-17(7-11-21)22(20(23)15-26-2)18-8-12-27-13-9-18/h3-5,14,17-18H,6-13,15H2,1-2H3. The van der Waals surface area contributed by atoms with Crippen molar-refractivity contribution in [2.45, 2.75) is 49.6 Å². The molecule has 0 aliphatic carbocycles. The Morgan fingerprint density at radius 2 is 1.82 bits per heavy atom. The van der Waals surface area contributed by atoms with Crippen molar-refractivity contribution in [2.24, 2.45) is 0 Å². The molecule has 0 unspecified atom stereocenters. The van der Waals surface area contributed by atoms with Gasteiger partial charge in [-0.25, -0.2) is 8.42 Å². The van der Waals surface area contributed by atoms with Crippen molar-refractivity contribution in [1.29, 1.82) is 0 Å². The highest BCUT2D eigenvalue weighted by molar-refractivity contribution is 7.89. The van der Waals surface area contributed by atoms with Crippen molar-refractivity contribution >= 4 is 15.9 Å². The molecule has 2 heterocycles. The molecule has 2 aliphatic heterocycles. The minimum absolute atomic E-state index is 0.0191. The first-order valence-electron chi connectivity index (χ1n) is 9.88. The van der Waals surface area contributed by atoms with Crippen LogP contribution in [-0.4, -0.2) is 75.6 Å². The van der Waals surface area contributed by atoms with Gasteiger partial charge in [-0.15, -0.1) is 0 Å². The summed E-state index contributed by atoms with van der Waals surface area (Å²) in [5, 5.41) is 0. The topological polar surface area (TPSA) is 76.2 Å². The molecule has 8 heteroatoms. The van der Waals surface area contributed by atoms with Crippen molar-refractivity contribution < 1.29 is 22.7 Å². The smallest absolute Gasteiger partial charge is 0.249 e. The van der Waals surface area contributed by atoms with Crippen molar-refractivity contribution in [3.05, 3.63) is 29.8 Å². The number of carbonyl (C=O) groups excluding carboxylic acids is 1. The number of benzene rings is 1. The van der Waals surface area contributed by atoms with Gasteiger partial charge in [0.1, 0.15) is 6.61 Å². The molecule has 156 valence electrons. The van der Waals surface area contributed by atoms with Gasteiger partial charge in [0.15, 0.2) is 0 Å². The van der Waals surface area contributed by atoms with E-state index in [4.69, 9.17) is 9.47 Å². The second kappa shape index (κ2) is 9.35. The molecule has 0 radical (unpaired) electrons. The number of piperidine rings is 1. The highest BCUT2D eigenvalue weighted by atomic mass is 32.2. The Labute approximate surface area is 167 Å². The zero-order chi connectivity index (χ0) is 20.1. The summed E-state index contributed by atoms with van der Waals surface area (Å²) < 4.78 is 38.0. The molecule has 1 amide bonds. The van der Waals surface area contributed by atoms with Gasteiger partial charge in [0.05, 0.1) is 4.90 Å². The number of nitrogens with zero attached hydrogens (tertiary/aromatic N) is 2. The minimum Gasteiger partial charge on any atom is -0.381 e.